The Kier molecular flexibility index (Phi) is 6.73. The fourth-order valence-electron chi connectivity index (χ4n) is 2.51. The highest BCUT2D eigenvalue weighted by atomic mass is 32.2. The van der Waals surface area contributed by atoms with E-state index in [2.05, 4.69) is 21.8 Å². The van der Waals surface area contributed by atoms with Crippen LogP contribution in [0.5, 0.6) is 11.5 Å². The second-order valence-electron chi connectivity index (χ2n) is 6.09. The highest BCUT2D eigenvalue weighted by Crippen LogP contribution is 2.15. The van der Waals surface area contributed by atoms with Gasteiger partial charge in [0.15, 0.2) is 0 Å². The van der Waals surface area contributed by atoms with Crippen LogP contribution in [0, 0.1) is 11.8 Å². The number of rotatable bonds is 6. The lowest BCUT2D eigenvalue weighted by molar-refractivity contribution is 0.414. The van der Waals surface area contributed by atoms with E-state index in [1.165, 1.54) is 25.5 Å². The minimum atomic E-state index is -3.78. The molecule has 6 nitrogen and oxygen atoms in total. The highest BCUT2D eigenvalue weighted by Gasteiger charge is 2.12. The van der Waals surface area contributed by atoms with Crippen LogP contribution in [-0.4, -0.2) is 28.9 Å². The minimum absolute atomic E-state index is 0.0908. The third-order valence-corrected chi connectivity index (χ3v) is 5.38. The van der Waals surface area contributed by atoms with Crippen molar-refractivity contribution in [3.05, 3.63) is 89.5 Å². The first-order chi connectivity index (χ1) is 14.5. The predicted molar refractivity (Wildman–Crippen MR) is 116 cm³/mol. The van der Waals surface area contributed by atoms with Gasteiger partial charge in [-0.2, -0.15) is 13.5 Å². The first kappa shape index (κ1) is 21.0. The number of ether oxygens (including phenoxy) is 2. The monoisotopic (exact) mass is 420 g/mol. The summed E-state index contributed by atoms with van der Waals surface area (Å²) in [6.07, 6.45) is 1.43. The Hall–Kier alpha value is -3.76. The maximum absolute atomic E-state index is 12.4. The van der Waals surface area contributed by atoms with Crippen molar-refractivity contribution in [2.24, 2.45) is 5.10 Å². The molecule has 0 bridgehead atoms. The molecule has 0 aliphatic carbocycles. The van der Waals surface area contributed by atoms with Crippen LogP contribution in [0.4, 0.5) is 0 Å². The van der Waals surface area contributed by atoms with Crippen LogP contribution < -0.4 is 14.3 Å². The molecule has 1 N–H and O–H groups in total. The summed E-state index contributed by atoms with van der Waals surface area (Å²) in [4.78, 5) is 2.30. The molecule has 0 spiro atoms. The molecule has 0 heterocycles. The summed E-state index contributed by atoms with van der Waals surface area (Å²) < 4.78 is 34.9. The summed E-state index contributed by atoms with van der Waals surface area (Å²) in [5.74, 6) is 7.50. The van der Waals surface area contributed by atoms with Crippen LogP contribution in [0.3, 0.4) is 0 Å². The Morgan fingerprint density at radius 1 is 0.833 bits per heavy atom. The largest absolute Gasteiger partial charge is 0.497 e. The van der Waals surface area contributed by atoms with Crippen molar-refractivity contribution >= 4 is 16.2 Å². The molecule has 0 aliphatic heterocycles. The number of methoxy groups -OCH3 is 2. The van der Waals surface area contributed by atoms with Crippen LogP contribution in [-0.2, 0) is 10.0 Å². The van der Waals surface area contributed by atoms with E-state index in [-0.39, 0.29) is 4.90 Å². The van der Waals surface area contributed by atoms with Gasteiger partial charge in [-0.05, 0) is 54.6 Å². The first-order valence-electron chi connectivity index (χ1n) is 8.96. The average Bonchev–Trinajstić information content (AvgIpc) is 2.78. The van der Waals surface area contributed by atoms with Gasteiger partial charge in [-0.15, -0.1) is 0 Å². The molecule has 0 amide bonds. The number of hydrazone groups is 1. The van der Waals surface area contributed by atoms with E-state index in [1.807, 2.05) is 48.5 Å². The molecule has 0 saturated heterocycles. The summed E-state index contributed by atoms with van der Waals surface area (Å²) in [7, 11) is -0.656. The maximum Gasteiger partial charge on any atom is 0.276 e. The van der Waals surface area contributed by atoms with Gasteiger partial charge in [0, 0.05) is 16.7 Å². The molecule has 7 heteroatoms. The Morgan fingerprint density at radius 3 is 2.07 bits per heavy atom. The molecule has 0 aromatic heterocycles. The van der Waals surface area contributed by atoms with Crippen LogP contribution in [0.2, 0.25) is 0 Å². The number of nitrogens with one attached hydrogen (secondary N) is 1. The van der Waals surface area contributed by atoms with Crippen molar-refractivity contribution in [1.29, 1.82) is 0 Å². The van der Waals surface area contributed by atoms with Gasteiger partial charge in [0.2, 0.25) is 0 Å². The molecule has 3 rings (SSSR count). The van der Waals surface area contributed by atoms with Gasteiger partial charge >= 0.3 is 0 Å². The first-order valence-corrected chi connectivity index (χ1v) is 10.4. The molecule has 30 heavy (non-hydrogen) atoms. The van der Waals surface area contributed by atoms with Gasteiger partial charge in [0.05, 0.1) is 25.3 Å². The van der Waals surface area contributed by atoms with Crippen molar-refractivity contribution < 1.29 is 17.9 Å². The van der Waals surface area contributed by atoms with E-state index in [4.69, 9.17) is 9.47 Å². The van der Waals surface area contributed by atoms with E-state index < -0.39 is 10.0 Å². The standard InChI is InChI=1S/C23H20N2O4S/c1-28-21-11-8-18(9-12-21)7-10-19-5-3-4-6-20(19)17-24-25-30(26,27)23-15-13-22(29-2)14-16-23/h3-6,8-9,11-17,25H,1-2H3/b24-17+. The smallest absolute Gasteiger partial charge is 0.276 e. The fraction of sp³-hybridized carbons (Fsp3) is 0.0870. The van der Waals surface area contributed by atoms with Crippen LogP contribution in [0.1, 0.15) is 16.7 Å². The molecule has 0 saturated carbocycles. The third kappa shape index (κ3) is 5.40. The molecule has 0 aliphatic rings. The summed E-state index contributed by atoms with van der Waals surface area (Å²) in [5, 5.41) is 3.89. The lowest BCUT2D eigenvalue weighted by atomic mass is 10.1. The molecule has 3 aromatic rings. The van der Waals surface area contributed by atoms with Crippen LogP contribution >= 0.6 is 0 Å². The predicted octanol–water partition coefficient (Wildman–Crippen LogP) is 3.42. The lowest BCUT2D eigenvalue weighted by Gasteiger charge is -2.05. The number of benzene rings is 3. The second kappa shape index (κ2) is 9.63. The summed E-state index contributed by atoms with van der Waals surface area (Å²) in [5.41, 5.74) is 2.25. The zero-order chi connectivity index (χ0) is 21.4. The van der Waals surface area contributed by atoms with Gasteiger partial charge in [0.25, 0.3) is 10.0 Å². The third-order valence-electron chi connectivity index (χ3n) is 4.14. The fourth-order valence-corrected chi connectivity index (χ4v) is 3.30. The molecule has 152 valence electrons. The van der Waals surface area contributed by atoms with E-state index in [0.29, 0.717) is 11.3 Å². The Labute approximate surface area is 176 Å². The quantitative estimate of drug-likeness (QED) is 0.377. The molecule has 3 aromatic carbocycles. The van der Waals surface area contributed by atoms with E-state index in [9.17, 15) is 8.42 Å². The normalized spacial score (nSPS) is 10.9. The maximum atomic E-state index is 12.4. The van der Waals surface area contributed by atoms with Crippen molar-refractivity contribution in [3.63, 3.8) is 0 Å². The zero-order valence-corrected chi connectivity index (χ0v) is 17.3. The van der Waals surface area contributed by atoms with E-state index in [1.54, 1.807) is 19.2 Å². The van der Waals surface area contributed by atoms with Crippen molar-refractivity contribution in [3.8, 4) is 23.3 Å². The Bertz CT molecular complexity index is 1190. The number of nitrogens with zero attached hydrogens (tertiary/aromatic N) is 1. The van der Waals surface area contributed by atoms with Crippen molar-refractivity contribution in [1.82, 2.24) is 4.83 Å². The average molecular weight is 420 g/mol. The highest BCUT2D eigenvalue weighted by molar-refractivity contribution is 7.89. The molecule has 0 radical (unpaired) electrons. The van der Waals surface area contributed by atoms with E-state index in [0.717, 1.165) is 16.9 Å². The van der Waals surface area contributed by atoms with Gasteiger partial charge in [-0.1, -0.05) is 30.0 Å². The summed E-state index contributed by atoms with van der Waals surface area (Å²) in [6.45, 7) is 0. The number of sulfonamides is 1. The second-order valence-corrected chi connectivity index (χ2v) is 7.76. The molecular weight excluding hydrogens is 400 g/mol. The molecule has 0 fully saturated rings. The lowest BCUT2D eigenvalue weighted by Crippen LogP contribution is -2.18. The Morgan fingerprint density at radius 2 is 1.43 bits per heavy atom. The van der Waals surface area contributed by atoms with Crippen LogP contribution in [0.15, 0.2) is 82.8 Å². The topological polar surface area (TPSA) is 77.0 Å². The van der Waals surface area contributed by atoms with Gasteiger partial charge < -0.3 is 9.47 Å². The molecular formula is C23H20N2O4S. The van der Waals surface area contributed by atoms with Gasteiger partial charge in [-0.25, -0.2) is 4.83 Å². The SMILES string of the molecule is COc1ccc(C#Cc2ccccc2/C=N/NS(=O)(=O)c2ccc(OC)cc2)cc1. The van der Waals surface area contributed by atoms with Gasteiger partial charge in [0.1, 0.15) is 11.5 Å². The molecule has 0 atom stereocenters. The minimum Gasteiger partial charge on any atom is -0.497 e. The number of hydrogen-bond donors (Lipinski definition) is 1. The summed E-state index contributed by atoms with van der Waals surface area (Å²) >= 11 is 0. The summed E-state index contributed by atoms with van der Waals surface area (Å²) in [6, 6.07) is 20.8. The Balaban J connectivity index is 1.75. The van der Waals surface area contributed by atoms with Crippen molar-refractivity contribution in [2.45, 2.75) is 4.90 Å². The zero-order valence-electron chi connectivity index (χ0n) is 16.5. The van der Waals surface area contributed by atoms with E-state index >= 15 is 0 Å². The van der Waals surface area contributed by atoms with Gasteiger partial charge in [-0.3, -0.25) is 0 Å². The molecule has 0 unspecified atom stereocenters. The van der Waals surface area contributed by atoms with Crippen LogP contribution in [0.25, 0.3) is 0 Å². The van der Waals surface area contributed by atoms with Crippen molar-refractivity contribution in [2.75, 3.05) is 14.2 Å². The number of hydrogen-bond acceptors (Lipinski definition) is 5.